The van der Waals surface area contributed by atoms with Crippen molar-refractivity contribution in [2.45, 2.75) is 6.92 Å². The van der Waals surface area contributed by atoms with Gasteiger partial charge in [0, 0.05) is 11.3 Å². The molecular formula is C28H23NO4. The summed E-state index contributed by atoms with van der Waals surface area (Å²) in [4.78, 5) is 24.5. The molecule has 164 valence electrons. The fraction of sp³-hybridized carbons (Fsp3) is 0.0714. The van der Waals surface area contributed by atoms with Gasteiger partial charge >= 0.3 is 5.97 Å². The van der Waals surface area contributed by atoms with Crippen LogP contribution in [0.4, 0.5) is 5.69 Å². The predicted octanol–water partition coefficient (Wildman–Crippen LogP) is 5.90. The molecule has 5 heteroatoms. The average Bonchev–Trinajstić information content (AvgIpc) is 2.85. The Morgan fingerprint density at radius 2 is 1.30 bits per heavy atom. The summed E-state index contributed by atoms with van der Waals surface area (Å²) in [7, 11) is 0. The number of ether oxygens (including phenoxy) is 2. The van der Waals surface area contributed by atoms with E-state index in [9.17, 15) is 9.59 Å². The van der Waals surface area contributed by atoms with Gasteiger partial charge in [-0.2, -0.15) is 0 Å². The Labute approximate surface area is 192 Å². The lowest BCUT2D eigenvalue weighted by Gasteiger charge is -2.09. The van der Waals surface area contributed by atoms with E-state index in [0.29, 0.717) is 17.1 Å². The quantitative estimate of drug-likeness (QED) is 0.289. The van der Waals surface area contributed by atoms with Gasteiger partial charge < -0.3 is 14.8 Å². The molecule has 0 radical (unpaired) electrons. The number of hydrogen-bond donors (Lipinski definition) is 1. The number of anilines is 1. The van der Waals surface area contributed by atoms with Gasteiger partial charge in [0.2, 0.25) is 0 Å². The summed E-state index contributed by atoms with van der Waals surface area (Å²) < 4.78 is 10.8. The Balaban J connectivity index is 1.27. The largest absolute Gasteiger partial charge is 0.482 e. The second-order valence-corrected chi connectivity index (χ2v) is 7.50. The van der Waals surface area contributed by atoms with Crippen LogP contribution in [-0.2, 0) is 4.79 Å². The number of benzene rings is 4. The van der Waals surface area contributed by atoms with Crippen molar-refractivity contribution in [2.24, 2.45) is 0 Å². The van der Waals surface area contributed by atoms with Crippen LogP contribution in [0.2, 0.25) is 0 Å². The lowest BCUT2D eigenvalue weighted by Crippen LogP contribution is -2.18. The van der Waals surface area contributed by atoms with Gasteiger partial charge in [0.25, 0.3) is 5.91 Å². The van der Waals surface area contributed by atoms with Gasteiger partial charge in [-0.25, -0.2) is 4.79 Å². The van der Waals surface area contributed by atoms with Crippen molar-refractivity contribution in [3.05, 3.63) is 114 Å². The fourth-order valence-electron chi connectivity index (χ4n) is 3.19. The number of amides is 1. The van der Waals surface area contributed by atoms with Crippen LogP contribution in [0.3, 0.4) is 0 Å². The molecule has 0 heterocycles. The Morgan fingerprint density at radius 1 is 0.697 bits per heavy atom. The van der Waals surface area contributed by atoms with Crippen molar-refractivity contribution in [3.63, 3.8) is 0 Å². The molecule has 33 heavy (non-hydrogen) atoms. The Morgan fingerprint density at radius 3 is 1.97 bits per heavy atom. The molecule has 0 saturated carbocycles. The highest BCUT2D eigenvalue weighted by molar-refractivity contribution is 6.04. The van der Waals surface area contributed by atoms with Gasteiger partial charge in [-0.05, 0) is 66.6 Å². The highest BCUT2D eigenvalue weighted by atomic mass is 16.6. The molecule has 0 bridgehead atoms. The number of carbonyl (C=O) groups excluding carboxylic acids is 2. The number of carbonyl (C=O) groups is 2. The third kappa shape index (κ3) is 6.08. The topological polar surface area (TPSA) is 64.6 Å². The molecule has 0 aliphatic carbocycles. The molecule has 0 aliphatic heterocycles. The first-order chi connectivity index (χ1) is 16.1. The molecule has 0 fully saturated rings. The first-order valence-electron chi connectivity index (χ1n) is 10.5. The van der Waals surface area contributed by atoms with Gasteiger partial charge in [0.05, 0.1) is 0 Å². The number of esters is 1. The zero-order chi connectivity index (χ0) is 23.0. The normalized spacial score (nSPS) is 10.3. The van der Waals surface area contributed by atoms with Crippen LogP contribution in [-0.4, -0.2) is 18.5 Å². The molecular weight excluding hydrogens is 414 g/mol. The molecule has 0 spiro atoms. The predicted molar refractivity (Wildman–Crippen MR) is 129 cm³/mol. The highest BCUT2D eigenvalue weighted by Gasteiger charge is 2.10. The molecule has 0 atom stereocenters. The van der Waals surface area contributed by atoms with E-state index >= 15 is 0 Å². The van der Waals surface area contributed by atoms with E-state index in [1.54, 1.807) is 24.3 Å². The number of hydrogen-bond acceptors (Lipinski definition) is 4. The summed E-state index contributed by atoms with van der Waals surface area (Å²) in [5.74, 6) is 0.155. The second kappa shape index (κ2) is 10.3. The van der Waals surface area contributed by atoms with Gasteiger partial charge in [0.1, 0.15) is 11.5 Å². The third-order valence-corrected chi connectivity index (χ3v) is 4.98. The van der Waals surface area contributed by atoms with Crippen LogP contribution in [0.25, 0.3) is 11.1 Å². The molecule has 4 aromatic rings. The molecule has 1 N–H and O–H groups in total. The SMILES string of the molecule is Cc1ccc(NC(=O)c2ccc(OC(=O)COc3ccc(-c4ccccc4)cc3)cc2)cc1. The zero-order valence-corrected chi connectivity index (χ0v) is 18.2. The standard InChI is InChI=1S/C28H23NO4/c1-20-7-13-24(14-8-20)29-28(31)23-11-17-26(18-12-23)33-27(30)19-32-25-15-9-22(10-16-25)21-5-3-2-4-6-21/h2-18H,19H2,1H3,(H,29,31). The molecule has 5 nitrogen and oxygen atoms in total. The molecule has 1 amide bonds. The van der Waals surface area contributed by atoms with E-state index in [0.717, 1.165) is 22.4 Å². The van der Waals surface area contributed by atoms with Crippen molar-refractivity contribution in [2.75, 3.05) is 11.9 Å². The van der Waals surface area contributed by atoms with Crippen LogP contribution < -0.4 is 14.8 Å². The molecule has 0 aromatic heterocycles. The van der Waals surface area contributed by atoms with E-state index in [-0.39, 0.29) is 12.5 Å². The Kier molecular flexibility index (Phi) is 6.81. The fourth-order valence-corrected chi connectivity index (χ4v) is 3.19. The summed E-state index contributed by atoms with van der Waals surface area (Å²) in [6.07, 6.45) is 0. The molecule has 4 rings (SSSR count). The van der Waals surface area contributed by atoms with E-state index in [2.05, 4.69) is 5.32 Å². The summed E-state index contributed by atoms with van der Waals surface area (Å²) in [6.45, 7) is 1.76. The lowest BCUT2D eigenvalue weighted by atomic mass is 10.1. The zero-order valence-electron chi connectivity index (χ0n) is 18.2. The minimum absolute atomic E-state index is 0.222. The summed E-state index contributed by atoms with van der Waals surface area (Å²) in [5.41, 5.74) is 4.48. The van der Waals surface area contributed by atoms with E-state index in [4.69, 9.17) is 9.47 Å². The molecule has 0 aliphatic rings. The lowest BCUT2D eigenvalue weighted by molar-refractivity contribution is -0.136. The summed E-state index contributed by atoms with van der Waals surface area (Å²) >= 11 is 0. The third-order valence-electron chi connectivity index (χ3n) is 4.98. The Hall–Kier alpha value is -4.38. The van der Waals surface area contributed by atoms with Crippen molar-refractivity contribution in [1.29, 1.82) is 0 Å². The average molecular weight is 437 g/mol. The van der Waals surface area contributed by atoms with Crippen LogP contribution in [0.1, 0.15) is 15.9 Å². The number of nitrogens with one attached hydrogen (secondary N) is 1. The van der Waals surface area contributed by atoms with Crippen LogP contribution in [0.5, 0.6) is 11.5 Å². The van der Waals surface area contributed by atoms with E-state index < -0.39 is 5.97 Å². The van der Waals surface area contributed by atoms with Gasteiger partial charge in [-0.1, -0.05) is 60.2 Å². The highest BCUT2D eigenvalue weighted by Crippen LogP contribution is 2.22. The van der Waals surface area contributed by atoms with Crippen molar-refractivity contribution in [3.8, 4) is 22.6 Å². The maximum Gasteiger partial charge on any atom is 0.349 e. The first-order valence-corrected chi connectivity index (χ1v) is 10.5. The maximum atomic E-state index is 12.4. The Bertz CT molecular complexity index is 1220. The maximum absolute atomic E-state index is 12.4. The van der Waals surface area contributed by atoms with Crippen molar-refractivity contribution >= 4 is 17.6 Å². The van der Waals surface area contributed by atoms with Gasteiger partial charge in [0.15, 0.2) is 6.61 Å². The van der Waals surface area contributed by atoms with Gasteiger partial charge in [-0.3, -0.25) is 4.79 Å². The summed E-state index contributed by atoms with van der Waals surface area (Å²) in [6, 6.07) is 31.4. The second-order valence-electron chi connectivity index (χ2n) is 7.50. The summed E-state index contributed by atoms with van der Waals surface area (Å²) in [5, 5.41) is 2.83. The monoisotopic (exact) mass is 437 g/mol. The van der Waals surface area contributed by atoms with Crippen LogP contribution >= 0.6 is 0 Å². The van der Waals surface area contributed by atoms with Crippen molar-refractivity contribution < 1.29 is 19.1 Å². The number of aryl methyl sites for hydroxylation is 1. The van der Waals surface area contributed by atoms with E-state index in [1.165, 1.54) is 0 Å². The van der Waals surface area contributed by atoms with Crippen LogP contribution in [0, 0.1) is 6.92 Å². The van der Waals surface area contributed by atoms with Crippen molar-refractivity contribution in [1.82, 2.24) is 0 Å². The van der Waals surface area contributed by atoms with Gasteiger partial charge in [-0.15, -0.1) is 0 Å². The minimum Gasteiger partial charge on any atom is -0.482 e. The molecule has 0 unspecified atom stereocenters. The minimum atomic E-state index is -0.529. The number of rotatable bonds is 7. The first kappa shape index (κ1) is 21.8. The van der Waals surface area contributed by atoms with Crippen LogP contribution in [0.15, 0.2) is 103 Å². The molecule has 4 aromatic carbocycles. The smallest absolute Gasteiger partial charge is 0.349 e. The molecule has 0 saturated heterocycles. The van der Waals surface area contributed by atoms with E-state index in [1.807, 2.05) is 85.8 Å².